The molecule has 0 saturated carbocycles. The van der Waals surface area contributed by atoms with Crippen molar-refractivity contribution in [3.63, 3.8) is 0 Å². The van der Waals surface area contributed by atoms with Crippen molar-refractivity contribution in [3.05, 3.63) is 60.2 Å². The molecule has 0 unspecified atom stereocenters. The van der Waals surface area contributed by atoms with Gasteiger partial charge in [0.15, 0.2) is 8.32 Å². The minimum atomic E-state index is -1.37. The predicted octanol–water partition coefficient (Wildman–Crippen LogP) is 4.75. The molecule has 0 aromatic heterocycles. The molecule has 2 aromatic carbocycles. The van der Waals surface area contributed by atoms with Crippen LogP contribution in [-0.4, -0.2) is 14.9 Å². The SMILES string of the molecule is C[Si](C)(C)OCCc1ccc(-c2ccccc2)cc1. The van der Waals surface area contributed by atoms with Crippen LogP contribution >= 0.6 is 0 Å². The lowest BCUT2D eigenvalue weighted by Gasteiger charge is -2.17. The summed E-state index contributed by atoms with van der Waals surface area (Å²) in [5.41, 5.74) is 3.89. The summed E-state index contributed by atoms with van der Waals surface area (Å²) in [6.07, 6.45) is 0.999. The van der Waals surface area contributed by atoms with Gasteiger partial charge in [-0.25, -0.2) is 0 Å². The van der Waals surface area contributed by atoms with Crippen LogP contribution in [0.25, 0.3) is 11.1 Å². The van der Waals surface area contributed by atoms with Crippen molar-refractivity contribution in [2.75, 3.05) is 6.61 Å². The van der Waals surface area contributed by atoms with Gasteiger partial charge in [-0.15, -0.1) is 0 Å². The Balaban J connectivity index is 1.96. The van der Waals surface area contributed by atoms with E-state index in [1.165, 1.54) is 16.7 Å². The molecule has 2 rings (SSSR count). The smallest absolute Gasteiger partial charge is 0.183 e. The summed E-state index contributed by atoms with van der Waals surface area (Å²) in [7, 11) is -1.37. The summed E-state index contributed by atoms with van der Waals surface area (Å²) in [5, 5.41) is 0. The Hall–Kier alpha value is -1.38. The molecule has 0 fully saturated rings. The molecule has 19 heavy (non-hydrogen) atoms. The minimum Gasteiger partial charge on any atom is -0.417 e. The van der Waals surface area contributed by atoms with Crippen LogP contribution in [0.3, 0.4) is 0 Å². The first-order valence-corrected chi connectivity index (χ1v) is 10.2. The van der Waals surface area contributed by atoms with Gasteiger partial charge < -0.3 is 4.43 Å². The third-order valence-corrected chi connectivity index (χ3v) is 4.06. The van der Waals surface area contributed by atoms with E-state index in [4.69, 9.17) is 4.43 Å². The van der Waals surface area contributed by atoms with Gasteiger partial charge in [0, 0.05) is 6.61 Å². The van der Waals surface area contributed by atoms with Crippen molar-refractivity contribution >= 4 is 8.32 Å². The second kappa shape index (κ2) is 6.18. The molecule has 0 atom stereocenters. The molecular formula is C17H22OSi. The Morgan fingerprint density at radius 3 is 1.95 bits per heavy atom. The Kier molecular flexibility index (Phi) is 4.56. The average Bonchev–Trinajstić information content (AvgIpc) is 2.39. The summed E-state index contributed by atoms with van der Waals surface area (Å²) in [5.74, 6) is 0. The molecule has 0 aliphatic rings. The first-order valence-electron chi connectivity index (χ1n) is 6.83. The Morgan fingerprint density at radius 1 is 0.789 bits per heavy atom. The molecule has 0 saturated heterocycles. The highest BCUT2D eigenvalue weighted by atomic mass is 28.4. The third kappa shape index (κ3) is 4.65. The summed E-state index contributed by atoms with van der Waals surface area (Å²) in [6.45, 7) is 7.52. The molecule has 0 heterocycles. The van der Waals surface area contributed by atoms with Crippen LogP contribution in [0.1, 0.15) is 5.56 Å². The van der Waals surface area contributed by atoms with Gasteiger partial charge in [0.1, 0.15) is 0 Å². The van der Waals surface area contributed by atoms with E-state index in [-0.39, 0.29) is 0 Å². The Labute approximate surface area is 117 Å². The third-order valence-electron chi connectivity index (χ3n) is 2.99. The van der Waals surface area contributed by atoms with Gasteiger partial charge in [0.2, 0.25) is 0 Å². The molecule has 0 N–H and O–H groups in total. The molecule has 0 amide bonds. The van der Waals surface area contributed by atoms with E-state index < -0.39 is 8.32 Å². The molecule has 0 aliphatic carbocycles. The molecule has 0 bridgehead atoms. The molecule has 2 heteroatoms. The quantitative estimate of drug-likeness (QED) is 0.713. The molecule has 0 aliphatic heterocycles. The Bertz CT molecular complexity index is 497. The highest BCUT2D eigenvalue weighted by molar-refractivity contribution is 6.69. The fraction of sp³-hybridized carbons (Fsp3) is 0.294. The summed E-state index contributed by atoms with van der Waals surface area (Å²) < 4.78 is 5.89. The van der Waals surface area contributed by atoms with Gasteiger partial charge >= 0.3 is 0 Å². The van der Waals surface area contributed by atoms with E-state index in [1.807, 2.05) is 6.07 Å². The lowest BCUT2D eigenvalue weighted by atomic mass is 10.0. The van der Waals surface area contributed by atoms with Crippen LogP contribution in [0.15, 0.2) is 54.6 Å². The normalized spacial score (nSPS) is 11.5. The van der Waals surface area contributed by atoms with Crippen LogP contribution in [0, 0.1) is 0 Å². The number of hydrogen-bond acceptors (Lipinski definition) is 1. The standard InChI is InChI=1S/C17H22OSi/c1-19(2,3)18-14-13-15-9-11-17(12-10-15)16-7-5-4-6-8-16/h4-12H,13-14H2,1-3H3. The van der Waals surface area contributed by atoms with Crippen LogP contribution in [0.2, 0.25) is 19.6 Å². The summed E-state index contributed by atoms with van der Waals surface area (Å²) in [4.78, 5) is 0. The maximum Gasteiger partial charge on any atom is 0.183 e. The fourth-order valence-electron chi connectivity index (χ4n) is 1.97. The van der Waals surface area contributed by atoms with E-state index in [9.17, 15) is 0 Å². The summed E-state index contributed by atoms with van der Waals surface area (Å²) in [6, 6.07) is 19.3. The number of benzene rings is 2. The summed E-state index contributed by atoms with van der Waals surface area (Å²) >= 11 is 0. The van der Waals surface area contributed by atoms with Gasteiger partial charge in [-0.1, -0.05) is 54.6 Å². The first kappa shape index (κ1) is 14.0. The van der Waals surface area contributed by atoms with Crippen molar-refractivity contribution < 1.29 is 4.43 Å². The van der Waals surface area contributed by atoms with E-state index in [1.54, 1.807) is 0 Å². The fourth-order valence-corrected chi connectivity index (χ4v) is 2.68. The lowest BCUT2D eigenvalue weighted by molar-refractivity contribution is 0.316. The number of hydrogen-bond donors (Lipinski definition) is 0. The highest BCUT2D eigenvalue weighted by Crippen LogP contribution is 2.19. The van der Waals surface area contributed by atoms with Gasteiger partial charge in [0.05, 0.1) is 0 Å². The van der Waals surface area contributed by atoms with E-state index in [0.717, 1.165) is 13.0 Å². The van der Waals surface area contributed by atoms with Crippen molar-refractivity contribution in [1.82, 2.24) is 0 Å². The highest BCUT2D eigenvalue weighted by Gasteiger charge is 2.13. The predicted molar refractivity (Wildman–Crippen MR) is 84.9 cm³/mol. The molecule has 0 spiro atoms. The Morgan fingerprint density at radius 2 is 1.37 bits per heavy atom. The zero-order chi connectivity index (χ0) is 13.7. The van der Waals surface area contributed by atoms with E-state index in [2.05, 4.69) is 68.2 Å². The lowest BCUT2D eigenvalue weighted by Crippen LogP contribution is -2.26. The maximum absolute atomic E-state index is 5.89. The topological polar surface area (TPSA) is 9.23 Å². The van der Waals surface area contributed by atoms with Gasteiger partial charge in [0.25, 0.3) is 0 Å². The average molecular weight is 270 g/mol. The molecule has 2 aromatic rings. The van der Waals surface area contributed by atoms with E-state index in [0.29, 0.717) is 0 Å². The van der Waals surface area contributed by atoms with Gasteiger partial charge in [-0.3, -0.25) is 0 Å². The largest absolute Gasteiger partial charge is 0.417 e. The van der Waals surface area contributed by atoms with Crippen molar-refractivity contribution in [2.45, 2.75) is 26.1 Å². The number of rotatable bonds is 5. The van der Waals surface area contributed by atoms with Gasteiger partial charge in [-0.2, -0.15) is 0 Å². The molecule has 100 valence electrons. The van der Waals surface area contributed by atoms with Crippen molar-refractivity contribution in [3.8, 4) is 11.1 Å². The molecule has 0 radical (unpaired) electrons. The maximum atomic E-state index is 5.89. The van der Waals surface area contributed by atoms with Crippen LogP contribution in [0.4, 0.5) is 0 Å². The van der Waals surface area contributed by atoms with Crippen LogP contribution in [0.5, 0.6) is 0 Å². The van der Waals surface area contributed by atoms with Crippen LogP contribution < -0.4 is 0 Å². The first-order chi connectivity index (χ1) is 9.04. The van der Waals surface area contributed by atoms with E-state index >= 15 is 0 Å². The minimum absolute atomic E-state index is 0.834. The zero-order valence-electron chi connectivity index (χ0n) is 12.0. The van der Waals surface area contributed by atoms with Gasteiger partial charge in [-0.05, 0) is 42.8 Å². The van der Waals surface area contributed by atoms with Crippen LogP contribution in [-0.2, 0) is 10.8 Å². The zero-order valence-corrected chi connectivity index (χ0v) is 13.0. The van der Waals surface area contributed by atoms with Crippen molar-refractivity contribution in [1.29, 1.82) is 0 Å². The second-order valence-corrected chi connectivity index (χ2v) is 10.3. The van der Waals surface area contributed by atoms with Crippen molar-refractivity contribution in [2.24, 2.45) is 0 Å². The molecular weight excluding hydrogens is 248 g/mol. The molecule has 1 nitrogen and oxygen atoms in total. The second-order valence-electron chi connectivity index (χ2n) is 5.77. The monoisotopic (exact) mass is 270 g/mol.